The number of nitrogens with two attached hydrogens (primary N) is 1. The van der Waals surface area contributed by atoms with Crippen molar-refractivity contribution in [2.45, 2.75) is 39.2 Å². The number of carbonyl (C=O) groups excluding carboxylic acids is 1. The summed E-state index contributed by atoms with van der Waals surface area (Å²) in [4.78, 5) is 12.8. The Hall–Kier alpha value is -2.85. The number of carbonyl (C=O) groups is 1. The molecule has 0 fully saturated rings. The van der Waals surface area contributed by atoms with Crippen LogP contribution < -0.4 is 15.2 Å². The summed E-state index contributed by atoms with van der Waals surface area (Å²) in [5.74, 6) is 1.03. The summed E-state index contributed by atoms with van der Waals surface area (Å²) in [6.07, 6.45) is 1.97. The number of benzene rings is 3. The fraction of sp³-hybridized carbons (Fsp3) is 0.292. The van der Waals surface area contributed by atoms with E-state index < -0.39 is 12.0 Å². The summed E-state index contributed by atoms with van der Waals surface area (Å²) >= 11 is 0. The Bertz CT molecular complexity index is 966. The molecule has 0 aliphatic rings. The van der Waals surface area contributed by atoms with Gasteiger partial charge in [0.2, 0.25) is 0 Å². The average molecular weight is 377 g/mol. The van der Waals surface area contributed by atoms with Crippen LogP contribution in [0.4, 0.5) is 0 Å². The number of hydrogen-bond donors (Lipinski definition) is 1. The lowest BCUT2D eigenvalue weighted by molar-refractivity contribution is -0.135. The SMILES string of the molecule is CCc1c(CC)c(OC(=O)[C@@H](N)Cc2ccccc2)c2ccccc2c1OC. The lowest BCUT2D eigenvalue weighted by Gasteiger charge is -2.21. The Labute approximate surface area is 166 Å². The van der Waals surface area contributed by atoms with Crippen molar-refractivity contribution in [1.29, 1.82) is 0 Å². The van der Waals surface area contributed by atoms with E-state index in [2.05, 4.69) is 13.8 Å². The molecule has 28 heavy (non-hydrogen) atoms. The Balaban J connectivity index is 2.01. The van der Waals surface area contributed by atoms with E-state index in [-0.39, 0.29) is 0 Å². The molecule has 2 N–H and O–H groups in total. The lowest BCUT2D eigenvalue weighted by Crippen LogP contribution is -2.36. The predicted octanol–water partition coefficient (Wildman–Crippen LogP) is 4.45. The topological polar surface area (TPSA) is 61.5 Å². The highest BCUT2D eigenvalue weighted by Crippen LogP contribution is 2.41. The van der Waals surface area contributed by atoms with Gasteiger partial charge in [-0.05, 0) is 24.8 Å². The van der Waals surface area contributed by atoms with Crippen molar-refractivity contribution in [3.8, 4) is 11.5 Å². The summed E-state index contributed by atoms with van der Waals surface area (Å²) in [5, 5.41) is 1.81. The Morgan fingerprint density at radius 2 is 1.43 bits per heavy atom. The van der Waals surface area contributed by atoms with Crippen molar-refractivity contribution in [2.24, 2.45) is 5.73 Å². The molecular weight excluding hydrogens is 350 g/mol. The Morgan fingerprint density at radius 1 is 0.893 bits per heavy atom. The third-order valence-corrected chi connectivity index (χ3v) is 5.04. The van der Waals surface area contributed by atoms with Crippen LogP contribution in [0.5, 0.6) is 11.5 Å². The first-order valence-corrected chi connectivity index (χ1v) is 9.72. The highest BCUT2D eigenvalue weighted by molar-refractivity contribution is 5.98. The minimum Gasteiger partial charge on any atom is -0.496 e. The van der Waals surface area contributed by atoms with Crippen molar-refractivity contribution in [1.82, 2.24) is 0 Å². The summed E-state index contributed by atoms with van der Waals surface area (Å²) in [5.41, 5.74) is 9.24. The number of rotatable bonds is 7. The normalized spacial score (nSPS) is 12.0. The molecule has 0 saturated carbocycles. The minimum absolute atomic E-state index is 0.420. The molecule has 0 aliphatic carbocycles. The molecule has 4 heteroatoms. The van der Waals surface area contributed by atoms with Gasteiger partial charge in [0.05, 0.1) is 7.11 Å². The van der Waals surface area contributed by atoms with Gasteiger partial charge >= 0.3 is 5.97 Å². The molecule has 4 nitrogen and oxygen atoms in total. The zero-order chi connectivity index (χ0) is 20.1. The first kappa shape index (κ1) is 19.9. The monoisotopic (exact) mass is 377 g/mol. The minimum atomic E-state index is -0.724. The number of esters is 1. The lowest BCUT2D eigenvalue weighted by atomic mass is 9.94. The second-order valence-corrected chi connectivity index (χ2v) is 6.79. The van der Waals surface area contributed by atoms with Crippen LogP contribution in [-0.2, 0) is 24.1 Å². The fourth-order valence-electron chi connectivity index (χ4n) is 3.70. The van der Waals surface area contributed by atoms with Crippen LogP contribution in [0.25, 0.3) is 10.8 Å². The smallest absolute Gasteiger partial charge is 0.328 e. The molecule has 3 aromatic carbocycles. The van der Waals surface area contributed by atoms with Gasteiger partial charge in [-0.2, -0.15) is 0 Å². The summed E-state index contributed by atoms with van der Waals surface area (Å²) in [7, 11) is 1.68. The number of hydrogen-bond acceptors (Lipinski definition) is 4. The third kappa shape index (κ3) is 3.87. The molecule has 0 aromatic heterocycles. The van der Waals surface area contributed by atoms with Crippen molar-refractivity contribution >= 4 is 16.7 Å². The first-order valence-electron chi connectivity index (χ1n) is 9.72. The molecule has 146 valence electrons. The van der Waals surface area contributed by atoms with E-state index >= 15 is 0 Å². The van der Waals surface area contributed by atoms with Crippen LogP contribution in [0, 0.1) is 0 Å². The largest absolute Gasteiger partial charge is 0.496 e. The molecule has 3 aromatic rings. The van der Waals surface area contributed by atoms with Gasteiger partial charge in [-0.1, -0.05) is 68.4 Å². The summed E-state index contributed by atoms with van der Waals surface area (Å²) < 4.78 is 11.6. The van der Waals surface area contributed by atoms with Crippen molar-refractivity contribution in [3.05, 3.63) is 71.3 Å². The van der Waals surface area contributed by atoms with Crippen LogP contribution in [0.2, 0.25) is 0 Å². The van der Waals surface area contributed by atoms with Gasteiger partial charge < -0.3 is 15.2 Å². The third-order valence-electron chi connectivity index (χ3n) is 5.04. The van der Waals surface area contributed by atoms with Crippen molar-refractivity contribution < 1.29 is 14.3 Å². The predicted molar refractivity (Wildman–Crippen MR) is 113 cm³/mol. The van der Waals surface area contributed by atoms with Crippen LogP contribution in [0.3, 0.4) is 0 Å². The van der Waals surface area contributed by atoms with E-state index in [1.807, 2.05) is 54.6 Å². The van der Waals surface area contributed by atoms with E-state index in [0.29, 0.717) is 12.2 Å². The second kappa shape index (κ2) is 8.89. The summed E-state index contributed by atoms with van der Waals surface area (Å²) in [6, 6.07) is 16.9. The maximum absolute atomic E-state index is 12.8. The Kier molecular flexibility index (Phi) is 6.32. The maximum Gasteiger partial charge on any atom is 0.328 e. The maximum atomic E-state index is 12.8. The molecule has 0 unspecified atom stereocenters. The highest BCUT2D eigenvalue weighted by atomic mass is 16.5. The first-order chi connectivity index (χ1) is 13.6. The van der Waals surface area contributed by atoms with Crippen LogP contribution in [-0.4, -0.2) is 19.1 Å². The van der Waals surface area contributed by atoms with Crippen LogP contribution in [0.15, 0.2) is 54.6 Å². The van der Waals surface area contributed by atoms with Gasteiger partial charge in [0, 0.05) is 21.9 Å². The molecule has 1 atom stereocenters. The standard InChI is InChI=1S/C24H27NO3/c1-4-17-18(5-2)23(20-14-10-9-13-19(20)22(17)27-3)28-24(26)21(25)15-16-11-7-6-8-12-16/h6-14,21H,4-5,15,25H2,1-3H3/t21-/m0/s1. The van der Waals surface area contributed by atoms with Gasteiger partial charge in [-0.3, -0.25) is 0 Å². The fourth-order valence-corrected chi connectivity index (χ4v) is 3.70. The highest BCUT2D eigenvalue weighted by Gasteiger charge is 2.23. The van der Waals surface area contributed by atoms with Gasteiger partial charge in [-0.15, -0.1) is 0 Å². The van der Waals surface area contributed by atoms with Crippen LogP contribution in [0.1, 0.15) is 30.5 Å². The van der Waals surface area contributed by atoms with E-state index in [1.54, 1.807) is 7.11 Å². The zero-order valence-electron chi connectivity index (χ0n) is 16.7. The average Bonchev–Trinajstić information content (AvgIpc) is 2.73. The van der Waals surface area contributed by atoms with Crippen LogP contribution >= 0.6 is 0 Å². The number of ether oxygens (including phenoxy) is 2. The van der Waals surface area contributed by atoms with Gasteiger partial charge in [0.15, 0.2) is 0 Å². The Morgan fingerprint density at radius 3 is 2.00 bits per heavy atom. The molecule has 0 radical (unpaired) electrons. The quantitative estimate of drug-likeness (QED) is 0.488. The molecule has 0 aliphatic heterocycles. The van der Waals surface area contributed by atoms with Gasteiger partial charge in [-0.25, -0.2) is 4.79 Å². The van der Waals surface area contributed by atoms with E-state index in [4.69, 9.17) is 15.2 Å². The van der Waals surface area contributed by atoms with Gasteiger partial charge in [0.1, 0.15) is 17.5 Å². The van der Waals surface area contributed by atoms with Crippen molar-refractivity contribution in [2.75, 3.05) is 7.11 Å². The van der Waals surface area contributed by atoms with E-state index in [1.165, 1.54) is 0 Å². The second-order valence-electron chi connectivity index (χ2n) is 6.79. The summed E-state index contributed by atoms with van der Waals surface area (Å²) in [6.45, 7) is 4.14. The van der Waals surface area contributed by atoms with Crippen molar-refractivity contribution in [3.63, 3.8) is 0 Å². The molecular formula is C24H27NO3. The molecule has 3 rings (SSSR count). The molecule has 0 heterocycles. The number of methoxy groups -OCH3 is 1. The van der Waals surface area contributed by atoms with Gasteiger partial charge in [0.25, 0.3) is 0 Å². The molecule has 0 spiro atoms. The van der Waals surface area contributed by atoms with E-state index in [9.17, 15) is 4.79 Å². The molecule has 0 bridgehead atoms. The zero-order valence-corrected chi connectivity index (χ0v) is 16.7. The number of fused-ring (bicyclic) bond motifs is 1. The molecule has 0 saturated heterocycles. The van der Waals surface area contributed by atoms with E-state index in [0.717, 1.165) is 46.1 Å². The molecule has 0 amide bonds.